The van der Waals surface area contributed by atoms with Gasteiger partial charge in [-0.25, -0.2) is 4.79 Å². The van der Waals surface area contributed by atoms with Crippen LogP contribution in [0.4, 0.5) is 0 Å². The van der Waals surface area contributed by atoms with E-state index in [-0.39, 0.29) is 49.4 Å². The van der Waals surface area contributed by atoms with Crippen LogP contribution < -0.4 is 0 Å². The fourth-order valence-electron chi connectivity index (χ4n) is 10.8. The first-order valence-electron chi connectivity index (χ1n) is 25.9. The molecule has 402 valence electrons. The van der Waals surface area contributed by atoms with E-state index in [1.807, 2.05) is 58.1 Å². The molecular weight excluding hydrogens is 934 g/mol. The average molecular weight is 1020 g/mol. The number of aliphatic hydroxyl groups is 2. The molecule has 0 aromatic rings. The lowest BCUT2D eigenvalue weighted by molar-refractivity contribution is -0.265. The second-order valence-electron chi connectivity index (χ2n) is 20.9. The summed E-state index contributed by atoms with van der Waals surface area (Å²) in [4.78, 5) is 72.3. The quantitative estimate of drug-likeness (QED) is 0.120. The van der Waals surface area contributed by atoms with E-state index < -0.39 is 103 Å². The zero-order chi connectivity index (χ0) is 52.8. The number of piperidine rings is 1. The number of ketones is 3. The van der Waals surface area contributed by atoms with Crippen molar-refractivity contribution in [3.8, 4) is 0 Å². The number of esters is 1. The molecule has 6 unspecified atom stereocenters. The molecule has 3 fully saturated rings. The first-order valence-corrected chi connectivity index (χ1v) is 27.9. The number of amides is 1. The minimum absolute atomic E-state index is 0.00936. The van der Waals surface area contributed by atoms with E-state index in [1.54, 1.807) is 48.0 Å². The number of hydrogen-bond acceptors (Lipinski definition) is 15. The number of rotatable bonds is 10. The van der Waals surface area contributed by atoms with Crippen molar-refractivity contribution in [1.82, 2.24) is 4.90 Å². The zero-order valence-electron chi connectivity index (χ0n) is 44.5. The molecule has 0 aromatic carbocycles. The van der Waals surface area contributed by atoms with Crippen molar-refractivity contribution >= 4 is 36.8 Å². The van der Waals surface area contributed by atoms with Crippen LogP contribution in [0.15, 0.2) is 47.6 Å². The molecule has 16 atom stereocenters. The van der Waals surface area contributed by atoms with Gasteiger partial charge in [-0.3, -0.25) is 23.7 Å². The summed E-state index contributed by atoms with van der Waals surface area (Å²) in [5.41, 5.74) is 1.17. The molecule has 71 heavy (non-hydrogen) atoms. The molecule has 0 aromatic heterocycles. The number of fused-ring (bicyclic) bond motifs is 3. The molecule has 1 aliphatic carbocycles. The van der Waals surface area contributed by atoms with Gasteiger partial charge in [0, 0.05) is 65.1 Å². The van der Waals surface area contributed by atoms with Gasteiger partial charge in [0.15, 0.2) is 11.6 Å². The Morgan fingerprint density at radius 1 is 0.887 bits per heavy atom. The minimum Gasteiger partial charge on any atom is -0.460 e. The van der Waals surface area contributed by atoms with Crippen molar-refractivity contribution in [3.63, 3.8) is 0 Å². The van der Waals surface area contributed by atoms with Crippen LogP contribution in [-0.2, 0) is 61.3 Å². The van der Waals surface area contributed by atoms with Crippen molar-refractivity contribution in [3.05, 3.63) is 47.6 Å². The van der Waals surface area contributed by atoms with Crippen molar-refractivity contribution in [2.24, 2.45) is 35.5 Å². The molecular formula is C54H86NO15P. The summed E-state index contributed by atoms with van der Waals surface area (Å²) >= 11 is 0. The lowest BCUT2D eigenvalue weighted by Crippen LogP contribution is -2.61. The summed E-state index contributed by atoms with van der Waals surface area (Å²) in [5, 5.41) is 23.5. The number of carbonyl (C=O) groups is 5. The molecule has 16 nitrogen and oxygen atoms in total. The first-order chi connectivity index (χ1) is 33.5. The van der Waals surface area contributed by atoms with Gasteiger partial charge in [-0.2, -0.15) is 0 Å². The van der Waals surface area contributed by atoms with E-state index in [0.717, 1.165) is 5.57 Å². The summed E-state index contributed by atoms with van der Waals surface area (Å²) in [6.07, 6.45) is 10.9. The third-order valence-corrected chi connectivity index (χ3v) is 16.5. The average Bonchev–Trinajstić information content (AvgIpc) is 3.33. The predicted octanol–water partition coefficient (Wildman–Crippen LogP) is 8.06. The van der Waals surface area contributed by atoms with E-state index in [9.17, 15) is 38.8 Å². The predicted molar refractivity (Wildman–Crippen MR) is 269 cm³/mol. The molecule has 4 aliphatic rings. The van der Waals surface area contributed by atoms with E-state index in [0.29, 0.717) is 69.8 Å². The Kier molecular flexibility index (Phi) is 23.7. The van der Waals surface area contributed by atoms with Crippen LogP contribution in [0.2, 0.25) is 0 Å². The largest absolute Gasteiger partial charge is 0.460 e. The molecule has 2 bridgehead atoms. The number of allylic oxidation sites excluding steroid dienone is 6. The van der Waals surface area contributed by atoms with Crippen molar-refractivity contribution < 1.29 is 71.5 Å². The van der Waals surface area contributed by atoms with Crippen molar-refractivity contribution in [2.45, 2.75) is 187 Å². The van der Waals surface area contributed by atoms with Crippen molar-refractivity contribution in [1.29, 1.82) is 0 Å². The Hall–Kier alpha value is -3.18. The molecule has 3 aliphatic heterocycles. The number of carbonyl (C=O) groups excluding carboxylic acids is 5. The number of nitrogens with zero attached hydrogens (tertiary/aromatic N) is 1. The number of hydrogen-bond donors (Lipinski definition) is 2. The summed E-state index contributed by atoms with van der Waals surface area (Å²) in [6.45, 7) is 16.1. The minimum atomic E-state index is -3.32. The molecule has 2 saturated heterocycles. The molecule has 0 radical (unpaired) electrons. The molecule has 1 amide bonds. The van der Waals surface area contributed by atoms with Crippen molar-refractivity contribution in [2.75, 3.05) is 41.1 Å². The second kappa shape index (κ2) is 27.9. The number of Topliss-reactive ketones (excluding diaryl/α,β-unsaturated/α-hetero) is 3. The lowest BCUT2D eigenvalue weighted by atomic mass is 9.78. The lowest BCUT2D eigenvalue weighted by Gasteiger charge is -2.42. The van der Waals surface area contributed by atoms with E-state index in [4.69, 9.17) is 32.7 Å². The summed E-state index contributed by atoms with van der Waals surface area (Å²) in [5.74, 6) is -8.22. The molecule has 17 heteroatoms. The topological polar surface area (TPSA) is 211 Å². The van der Waals surface area contributed by atoms with Gasteiger partial charge in [0.05, 0.1) is 37.1 Å². The molecule has 2 N–H and O–H groups in total. The zero-order valence-corrected chi connectivity index (χ0v) is 45.4. The fourth-order valence-corrected chi connectivity index (χ4v) is 12.0. The molecule has 4 rings (SSSR count). The summed E-state index contributed by atoms with van der Waals surface area (Å²) < 4.78 is 54.0. The highest BCUT2D eigenvalue weighted by molar-refractivity contribution is 7.53. The highest BCUT2D eigenvalue weighted by atomic mass is 31.2. The van der Waals surface area contributed by atoms with E-state index in [2.05, 4.69) is 0 Å². The van der Waals surface area contributed by atoms with Crippen LogP contribution in [0.25, 0.3) is 0 Å². The maximum atomic E-state index is 14.5. The Morgan fingerprint density at radius 2 is 1.61 bits per heavy atom. The number of ether oxygens (including phenoxy) is 5. The van der Waals surface area contributed by atoms with Crippen LogP contribution in [0, 0.1) is 35.5 Å². The van der Waals surface area contributed by atoms with Crippen LogP contribution in [-0.4, -0.2) is 140 Å². The van der Waals surface area contributed by atoms with Crippen LogP contribution in [0.5, 0.6) is 0 Å². The maximum Gasteiger partial charge on any atom is 0.329 e. The van der Waals surface area contributed by atoms with Gasteiger partial charge in [0.1, 0.15) is 18.2 Å². The normalized spacial score (nSPS) is 36.6. The van der Waals surface area contributed by atoms with E-state index >= 15 is 0 Å². The smallest absolute Gasteiger partial charge is 0.329 e. The first kappa shape index (κ1) is 60.4. The highest BCUT2D eigenvalue weighted by Gasteiger charge is 2.53. The van der Waals surface area contributed by atoms with Gasteiger partial charge in [-0.1, -0.05) is 71.1 Å². The monoisotopic (exact) mass is 1020 g/mol. The Morgan fingerprint density at radius 3 is 2.27 bits per heavy atom. The third-order valence-electron chi connectivity index (χ3n) is 15.2. The summed E-state index contributed by atoms with van der Waals surface area (Å²) in [6, 6.07) is -1.17. The van der Waals surface area contributed by atoms with Crippen LogP contribution in [0.3, 0.4) is 0 Å². The van der Waals surface area contributed by atoms with Gasteiger partial charge in [-0.05, 0) is 114 Å². The molecule has 1 saturated carbocycles. The third kappa shape index (κ3) is 16.7. The van der Waals surface area contributed by atoms with Gasteiger partial charge in [0.2, 0.25) is 5.79 Å². The SMILES string of the molecule is CCOP(C)(=O)O[C@@H]1CC[C@@H](C[C@@H](C)[C@@H]2CC(=O)C(C)=CC(C)[C@@H](O)[C@@H](OC)C(=O)[C@H](C)C[C@H](C)C=CC=CC=C(C)[C@@H](OC)CC3CC[C@@H](C)C(O)(O3)C(=O)C(=O)N3CCCCC3C(=O)O2)CC1OC. The molecule has 3 heterocycles. The number of cyclic esters (lactones) is 1. The summed E-state index contributed by atoms with van der Waals surface area (Å²) in [7, 11) is 1.21. The van der Waals surface area contributed by atoms with Crippen LogP contribution >= 0.6 is 7.60 Å². The van der Waals surface area contributed by atoms with Gasteiger partial charge in [-0.15, -0.1) is 0 Å². The Labute approximate surface area is 423 Å². The Balaban J connectivity index is 1.70. The molecule has 0 spiro atoms. The van der Waals surface area contributed by atoms with E-state index in [1.165, 1.54) is 18.7 Å². The number of methoxy groups -OCH3 is 3. The van der Waals surface area contributed by atoms with Gasteiger partial charge in [0.25, 0.3) is 11.7 Å². The fraction of sp³-hybridized carbons (Fsp3) is 0.759. The Bertz CT molecular complexity index is 1980. The van der Waals surface area contributed by atoms with Crippen LogP contribution in [0.1, 0.15) is 132 Å². The standard InChI is InChI=1S/C54H86NO15P/c1-13-67-71(12,63)70-44-25-23-40(30-47(44)65-10)29-36(5)46-32-43(56)35(4)28-38(7)49(58)50(66-11)48(57)37(6)27-33(2)19-15-14-16-20-34(3)45(64-9)31-41-24-22-39(8)54(62,69-41)51(59)52(60)55-26-18-17-21-42(55)53(61)68-46/h14-16,19-20,28,33,36-42,44-47,49-50,58,62H,13,17-18,21-27,29-32H2,1-12H3/t33-,36-,37-,38?,39-,40+,41?,42?,44-,45+,46+,47?,49-,50+,54?,71?/m1/s1. The number of aliphatic hydroxyl groups excluding tert-OH is 1. The second-order valence-corrected chi connectivity index (χ2v) is 22.9. The van der Waals surface area contributed by atoms with Gasteiger partial charge >= 0.3 is 13.6 Å². The maximum absolute atomic E-state index is 14.5. The highest BCUT2D eigenvalue weighted by Crippen LogP contribution is 2.48. The van der Waals surface area contributed by atoms with Gasteiger partial charge < -0.3 is 47.8 Å².